The largest absolute Gasteiger partial charge is 0.495 e. The van der Waals surface area contributed by atoms with E-state index in [0.717, 1.165) is 5.52 Å². The molecule has 2 aromatic heterocycles. The molecule has 29 heavy (non-hydrogen) atoms. The number of ether oxygens (including phenoxy) is 1. The summed E-state index contributed by atoms with van der Waals surface area (Å²) in [6.07, 6.45) is 2.43. The van der Waals surface area contributed by atoms with Crippen LogP contribution in [0.4, 0.5) is 10.1 Å². The summed E-state index contributed by atoms with van der Waals surface area (Å²) in [6, 6.07) is 15.1. The number of aromatic nitrogens is 2. The third-order valence-corrected chi connectivity index (χ3v) is 4.87. The van der Waals surface area contributed by atoms with Gasteiger partial charge in [0, 0.05) is 19.2 Å². The molecule has 6 nitrogen and oxygen atoms in total. The van der Waals surface area contributed by atoms with Gasteiger partial charge in [-0.25, -0.2) is 4.39 Å². The summed E-state index contributed by atoms with van der Waals surface area (Å²) in [7, 11) is 1.54. The number of para-hydroxylation sites is 2. The molecule has 0 atom stereocenters. The molecule has 2 heterocycles. The van der Waals surface area contributed by atoms with Crippen LogP contribution in [0.15, 0.2) is 65.6 Å². The van der Waals surface area contributed by atoms with E-state index in [1.165, 1.54) is 16.7 Å². The molecule has 0 aliphatic rings. The molecule has 1 N–H and O–H groups in total. The van der Waals surface area contributed by atoms with E-state index in [2.05, 4.69) is 5.32 Å². The van der Waals surface area contributed by atoms with Crippen LogP contribution in [0.3, 0.4) is 0 Å². The first kappa shape index (κ1) is 18.7. The molecular weight excluding hydrogens is 373 g/mol. The van der Waals surface area contributed by atoms with Gasteiger partial charge in [-0.05, 0) is 48.9 Å². The van der Waals surface area contributed by atoms with Crippen molar-refractivity contribution in [3.8, 4) is 5.75 Å². The number of amides is 1. The number of methoxy groups -OCH3 is 1. The highest BCUT2D eigenvalue weighted by atomic mass is 19.1. The smallest absolute Gasteiger partial charge is 0.275 e. The van der Waals surface area contributed by atoms with Crippen LogP contribution in [0.25, 0.3) is 16.6 Å². The Hall–Kier alpha value is -3.61. The van der Waals surface area contributed by atoms with Gasteiger partial charge in [0.25, 0.3) is 5.56 Å². The van der Waals surface area contributed by atoms with E-state index in [0.29, 0.717) is 35.4 Å². The molecule has 7 heteroatoms. The Balaban J connectivity index is 1.55. The van der Waals surface area contributed by atoms with Crippen LogP contribution in [-0.4, -0.2) is 22.0 Å². The topological polar surface area (TPSA) is 64.7 Å². The maximum absolute atomic E-state index is 13.8. The minimum Gasteiger partial charge on any atom is -0.495 e. The SMILES string of the molecule is COc1ccccc1NC(=O)CCCn1c(=O)c2cccn2c2ccc(F)cc21. The number of anilines is 1. The first-order valence-corrected chi connectivity index (χ1v) is 9.30. The van der Waals surface area contributed by atoms with Crippen molar-refractivity contribution in [2.75, 3.05) is 12.4 Å². The summed E-state index contributed by atoms with van der Waals surface area (Å²) in [5, 5.41) is 2.82. The summed E-state index contributed by atoms with van der Waals surface area (Å²) in [4.78, 5) is 25.2. The third kappa shape index (κ3) is 3.59. The van der Waals surface area contributed by atoms with E-state index < -0.39 is 5.82 Å². The second-order valence-corrected chi connectivity index (χ2v) is 6.71. The zero-order valence-electron chi connectivity index (χ0n) is 15.9. The van der Waals surface area contributed by atoms with Gasteiger partial charge in [-0.2, -0.15) is 0 Å². The average molecular weight is 393 g/mol. The first-order chi connectivity index (χ1) is 14.1. The van der Waals surface area contributed by atoms with Crippen LogP contribution < -0.4 is 15.6 Å². The Morgan fingerprint density at radius 1 is 1.07 bits per heavy atom. The predicted molar refractivity (Wildman–Crippen MR) is 110 cm³/mol. The molecule has 148 valence electrons. The molecule has 0 aliphatic carbocycles. The molecule has 0 aliphatic heterocycles. The van der Waals surface area contributed by atoms with E-state index in [9.17, 15) is 14.0 Å². The van der Waals surface area contributed by atoms with Crippen LogP contribution in [0.5, 0.6) is 5.75 Å². The van der Waals surface area contributed by atoms with Gasteiger partial charge in [0.1, 0.15) is 17.1 Å². The van der Waals surface area contributed by atoms with Crippen LogP contribution in [-0.2, 0) is 11.3 Å². The second kappa shape index (κ2) is 7.79. The highest BCUT2D eigenvalue weighted by Gasteiger charge is 2.12. The molecule has 0 fully saturated rings. The Labute approximate surface area is 166 Å². The molecule has 0 spiro atoms. The summed E-state index contributed by atoms with van der Waals surface area (Å²) in [5.74, 6) is -0.00917. The van der Waals surface area contributed by atoms with E-state index >= 15 is 0 Å². The minimum absolute atomic E-state index is 0.179. The lowest BCUT2D eigenvalue weighted by Crippen LogP contribution is -2.23. The first-order valence-electron chi connectivity index (χ1n) is 9.30. The number of benzene rings is 2. The van der Waals surface area contributed by atoms with Gasteiger partial charge in [0.15, 0.2) is 0 Å². The number of carbonyl (C=O) groups excluding carboxylic acids is 1. The molecule has 0 saturated carbocycles. The molecule has 4 aromatic rings. The average Bonchev–Trinajstić information content (AvgIpc) is 3.21. The molecule has 0 unspecified atom stereocenters. The number of hydrogen-bond acceptors (Lipinski definition) is 3. The van der Waals surface area contributed by atoms with Crippen LogP contribution >= 0.6 is 0 Å². The minimum atomic E-state index is -0.411. The lowest BCUT2D eigenvalue weighted by atomic mass is 10.2. The number of fused-ring (bicyclic) bond motifs is 3. The normalized spacial score (nSPS) is 11.1. The van der Waals surface area contributed by atoms with E-state index in [1.807, 2.05) is 12.1 Å². The summed E-state index contributed by atoms with van der Waals surface area (Å²) < 4.78 is 22.4. The number of hydrogen-bond donors (Lipinski definition) is 1. The summed E-state index contributed by atoms with van der Waals surface area (Å²) >= 11 is 0. The fourth-order valence-electron chi connectivity index (χ4n) is 3.51. The molecule has 0 radical (unpaired) electrons. The number of rotatable bonds is 6. The second-order valence-electron chi connectivity index (χ2n) is 6.71. The number of aryl methyl sites for hydroxylation is 1. The molecule has 4 rings (SSSR count). The van der Waals surface area contributed by atoms with Crippen molar-refractivity contribution in [1.29, 1.82) is 0 Å². The lowest BCUT2D eigenvalue weighted by molar-refractivity contribution is -0.116. The maximum Gasteiger partial charge on any atom is 0.275 e. The van der Waals surface area contributed by atoms with Crippen molar-refractivity contribution in [2.45, 2.75) is 19.4 Å². The van der Waals surface area contributed by atoms with Crippen molar-refractivity contribution >= 4 is 28.1 Å². The fourth-order valence-corrected chi connectivity index (χ4v) is 3.51. The van der Waals surface area contributed by atoms with Gasteiger partial charge < -0.3 is 19.0 Å². The van der Waals surface area contributed by atoms with Crippen LogP contribution in [0.1, 0.15) is 12.8 Å². The standard InChI is InChI=1S/C22H20FN3O3/c1-29-20-8-3-2-6-16(20)24-21(27)9-5-13-26-19-14-15(23)10-11-17(19)25-12-4-7-18(25)22(26)28/h2-4,6-8,10-12,14H,5,9,13H2,1H3,(H,24,27). The molecular formula is C22H20FN3O3. The Kier molecular flexibility index (Phi) is 5.03. The highest BCUT2D eigenvalue weighted by Crippen LogP contribution is 2.23. The maximum atomic E-state index is 13.8. The van der Waals surface area contributed by atoms with E-state index in [-0.39, 0.29) is 17.9 Å². The summed E-state index contributed by atoms with van der Waals surface area (Å²) in [6.45, 7) is 0.305. The summed E-state index contributed by atoms with van der Waals surface area (Å²) in [5.41, 5.74) is 2.15. The van der Waals surface area contributed by atoms with Crippen molar-refractivity contribution in [1.82, 2.24) is 8.97 Å². The molecule has 0 saturated heterocycles. The third-order valence-electron chi connectivity index (χ3n) is 4.87. The number of carbonyl (C=O) groups is 1. The highest BCUT2D eigenvalue weighted by molar-refractivity contribution is 5.92. The van der Waals surface area contributed by atoms with Gasteiger partial charge in [-0.3, -0.25) is 9.59 Å². The van der Waals surface area contributed by atoms with Crippen molar-refractivity contribution < 1.29 is 13.9 Å². The predicted octanol–water partition coefficient (Wildman–Crippen LogP) is 3.82. The van der Waals surface area contributed by atoms with E-state index in [1.54, 1.807) is 48.0 Å². The number of nitrogens with zero attached hydrogens (tertiary/aromatic N) is 2. The van der Waals surface area contributed by atoms with Gasteiger partial charge in [0.2, 0.25) is 5.91 Å². The van der Waals surface area contributed by atoms with Gasteiger partial charge in [-0.15, -0.1) is 0 Å². The van der Waals surface area contributed by atoms with Crippen molar-refractivity contribution in [2.24, 2.45) is 0 Å². The van der Waals surface area contributed by atoms with Gasteiger partial charge >= 0.3 is 0 Å². The number of halogens is 1. The molecule has 2 aromatic carbocycles. The quantitative estimate of drug-likeness (QED) is 0.542. The molecule has 1 amide bonds. The van der Waals surface area contributed by atoms with Gasteiger partial charge in [-0.1, -0.05) is 12.1 Å². The van der Waals surface area contributed by atoms with E-state index in [4.69, 9.17) is 4.74 Å². The van der Waals surface area contributed by atoms with Crippen molar-refractivity contribution in [3.63, 3.8) is 0 Å². The Morgan fingerprint density at radius 3 is 2.72 bits per heavy atom. The zero-order valence-corrected chi connectivity index (χ0v) is 15.9. The Bertz CT molecular complexity index is 1260. The fraction of sp³-hybridized carbons (Fsp3) is 0.182. The zero-order chi connectivity index (χ0) is 20.4. The van der Waals surface area contributed by atoms with Crippen molar-refractivity contribution in [3.05, 3.63) is 77.0 Å². The van der Waals surface area contributed by atoms with Crippen LogP contribution in [0, 0.1) is 5.82 Å². The van der Waals surface area contributed by atoms with Gasteiger partial charge in [0.05, 0.1) is 23.8 Å². The lowest BCUT2D eigenvalue weighted by Gasteiger charge is -2.13. The van der Waals surface area contributed by atoms with Crippen LogP contribution in [0.2, 0.25) is 0 Å². The monoisotopic (exact) mass is 393 g/mol. The Morgan fingerprint density at radius 2 is 1.90 bits per heavy atom. The number of nitrogens with one attached hydrogen (secondary N) is 1. The molecule has 0 bridgehead atoms.